The molecule has 1 N–H and O–H groups in total. The van der Waals surface area contributed by atoms with Crippen LogP contribution < -0.4 is 14.2 Å². The maximum absolute atomic E-state index is 10.1. The highest BCUT2D eigenvalue weighted by Gasteiger charge is 2.19. The largest absolute Gasteiger partial charge is 0.502 e. The van der Waals surface area contributed by atoms with Crippen LogP contribution in [0.2, 0.25) is 0 Å². The van der Waals surface area contributed by atoms with E-state index in [9.17, 15) is 5.11 Å². The Balaban J connectivity index is 1.53. The Morgan fingerprint density at radius 1 is 0.821 bits per heavy atom. The number of piperazine rings is 1. The average molecular weight is 386 g/mol. The van der Waals surface area contributed by atoms with Crippen LogP contribution in [0.25, 0.3) is 0 Å². The van der Waals surface area contributed by atoms with Crippen molar-refractivity contribution < 1.29 is 19.3 Å². The van der Waals surface area contributed by atoms with E-state index in [2.05, 4.69) is 21.9 Å². The van der Waals surface area contributed by atoms with Gasteiger partial charge in [0.25, 0.3) is 0 Å². The number of benzene rings is 2. The van der Waals surface area contributed by atoms with Gasteiger partial charge in [-0.25, -0.2) is 0 Å². The van der Waals surface area contributed by atoms with Crippen molar-refractivity contribution in [2.24, 2.45) is 0 Å². The topological polar surface area (TPSA) is 54.4 Å². The van der Waals surface area contributed by atoms with E-state index in [0.717, 1.165) is 50.6 Å². The van der Waals surface area contributed by atoms with Gasteiger partial charge in [0.15, 0.2) is 11.5 Å². The van der Waals surface area contributed by atoms with Gasteiger partial charge in [-0.2, -0.15) is 0 Å². The molecule has 1 saturated heterocycles. The first-order valence-electron chi connectivity index (χ1n) is 9.73. The van der Waals surface area contributed by atoms with Crippen LogP contribution in [0.4, 0.5) is 0 Å². The lowest BCUT2D eigenvalue weighted by Gasteiger charge is -2.34. The Bertz CT molecular complexity index is 731. The lowest BCUT2D eigenvalue weighted by molar-refractivity contribution is 0.122. The second kappa shape index (κ2) is 9.66. The average Bonchev–Trinajstić information content (AvgIpc) is 2.72. The van der Waals surface area contributed by atoms with Gasteiger partial charge in [-0.05, 0) is 42.3 Å². The van der Waals surface area contributed by atoms with Crippen LogP contribution in [0.15, 0.2) is 36.4 Å². The maximum atomic E-state index is 10.1. The Morgan fingerprint density at radius 2 is 1.32 bits per heavy atom. The number of phenolic OH excluding ortho intramolecular Hbond substituents is 1. The molecule has 0 bridgehead atoms. The summed E-state index contributed by atoms with van der Waals surface area (Å²) in [6, 6.07) is 12.1. The Kier molecular flexibility index (Phi) is 7.01. The van der Waals surface area contributed by atoms with Crippen LogP contribution in [0, 0.1) is 0 Å². The Morgan fingerprint density at radius 3 is 1.79 bits per heavy atom. The molecule has 0 aliphatic carbocycles. The smallest absolute Gasteiger partial charge is 0.200 e. The van der Waals surface area contributed by atoms with Crippen molar-refractivity contribution >= 4 is 0 Å². The quantitative estimate of drug-likeness (QED) is 0.752. The number of aromatic hydroxyl groups is 1. The summed E-state index contributed by atoms with van der Waals surface area (Å²) in [4.78, 5) is 4.89. The van der Waals surface area contributed by atoms with Gasteiger partial charge in [0.1, 0.15) is 5.75 Å². The first-order chi connectivity index (χ1) is 13.6. The van der Waals surface area contributed by atoms with Crippen molar-refractivity contribution in [2.75, 3.05) is 47.0 Å². The molecule has 6 heteroatoms. The zero-order chi connectivity index (χ0) is 19.9. The van der Waals surface area contributed by atoms with E-state index >= 15 is 0 Å². The standard InChI is InChI=1S/C22H30N2O4/c1-4-28-19-7-5-17(6-8-19)15-23-9-11-24(12-10-23)16-18-13-20(26-2)22(25)21(14-18)27-3/h5-8,13-14,25H,4,9-12,15-16H2,1-3H3. The molecule has 0 radical (unpaired) electrons. The number of hydrogen-bond donors (Lipinski definition) is 1. The second-order valence-electron chi connectivity index (χ2n) is 6.98. The van der Waals surface area contributed by atoms with Gasteiger partial charge >= 0.3 is 0 Å². The molecular weight excluding hydrogens is 356 g/mol. The summed E-state index contributed by atoms with van der Waals surface area (Å²) in [5.74, 6) is 1.87. The zero-order valence-electron chi connectivity index (χ0n) is 17.0. The summed E-state index contributed by atoms with van der Waals surface area (Å²) >= 11 is 0. The number of hydrogen-bond acceptors (Lipinski definition) is 6. The second-order valence-corrected chi connectivity index (χ2v) is 6.98. The third-order valence-electron chi connectivity index (χ3n) is 5.05. The highest BCUT2D eigenvalue weighted by Crippen LogP contribution is 2.37. The van der Waals surface area contributed by atoms with E-state index in [0.29, 0.717) is 18.1 Å². The van der Waals surface area contributed by atoms with Crippen LogP contribution >= 0.6 is 0 Å². The fourth-order valence-corrected chi connectivity index (χ4v) is 3.52. The molecular formula is C22H30N2O4. The third-order valence-corrected chi connectivity index (χ3v) is 5.05. The van der Waals surface area contributed by atoms with Crippen LogP contribution in [-0.2, 0) is 13.1 Å². The minimum atomic E-state index is 0.0499. The molecule has 2 aromatic rings. The van der Waals surface area contributed by atoms with Gasteiger partial charge in [0, 0.05) is 39.3 Å². The van der Waals surface area contributed by atoms with Crippen LogP contribution in [-0.4, -0.2) is 61.9 Å². The summed E-state index contributed by atoms with van der Waals surface area (Å²) in [6.45, 7) is 8.52. The van der Waals surface area contributed by atoms with Gasteiger partial charge < -0.3 is 19.3 Å². The van der Waals surface area contributed by atoms with Crippen molar-refractivity contribution in [1.82, 2.24) is 9.80 Å². The molecule has 2 aromatic carbocycles. The van der Waals surface area contributed by atoms with E-state index in [1.807, 2.05) is 31.2 Å². The number of nitrogens with zero attached hydrogens (tertiary/aromatic N) is 2. The lowest BCUT2D eigenvalue weighted by Crippen LogP contribution is -2.45. The van der Waals surface area contributed by atoms with E-state index < -0.39 is 0 Å². The molecule has 28 heavy (non-hydrogen) atoms. The molecule has 1 aliphatic heterocycles. The number of rotatable bonds is 8. The van der Waals surface area contributed by atoms with Gasteiger partial charge in [-0.3, -0.25) is 9.80 Å². The monoisotopic (exact) mass is 386 g/mol. The third kappa shape index (κ3) is 5.09. The van der Waals surface area contributed by atoms with Crippen molar-refractivity contribution in [2.45, 2.75) is 20.0 Å². The maximum Gasteiger partial charge on any atom is 0.200 e. The summed E-state index contributed by atoms with van der Waals surface area (Å²) in [5, 5.41) is 10.1. The molecule has 152 valence electrons. The van der Waals surface area contributed by atoms with E-state index in [1.165, 1.54) is 5.56 Å². The Hall–Kier alpha value is -2.44. The van der Waals surface area contributed by atoms with Gasteiger partial charge in [-0.15, -0.1) is 0 Å². The molecule has 0 saturated carbocycles. The van der Waals surface area contributed by atoms with Crippen molar-refractivity contribution in [3.8, 4) is 23.0 Å². The first-order valence-corrected chi connectivity index (χ1v) is 9.73. The van der Waals surface area contributed by atoms with E-state index in [1.54, 1.807) is 14.2 Å². The molecule has 1 heterocycles. The molecule has 0 aromatic heterocycles. The summed E-state index contributed by atoms with van der Waals surface area (Å²) in [5.41, 5.74) is 2.39. The molecule has 1 aliphatic rings. The van der Waals surface area contributed by atoms with Crippen molar-refractivity contribution in [3.63, 3.8) is 0 Å². The minimum Gasteiger partial charge on any atom is -0.502 e. The van der Waals surface area contributed by atoms with E-state index in [-0.39, 0.29) is 5.75 Å². The van der Waals surface area contributed by atoms with Gasteiger partial charge in [-0.1, -0.05) is 12.1 Å². The SMILES string of the molecule is CCOc1ccc(CN2CCN(Cc3cc(OC)c(O)c(OC)c3)CC2)cc1. The molecule has 1 fully saturated rings. The molecule has 3 rings (SSSR count). The van der Waals surface area contributed by atoms with Crippen molar-refractivity contribution in [1.29, 1.82) is 0 Å². The normalized spacial score (nSPS) is 15.4. The predicted octanol–water partition coefficient (Wildman–Crippen LogP) is 3.13. The van der Waals surface area contributed by atoms with Crippen LogP contribution in [0.3, 0.4) is 0 Å². The summed E-state index contributed by atoms with van der Waals surface area (Å²) in [6.07, 6.45) is 0. The minimum absolute atomic E-state index is 0.0499. The number of phenols is 1. The van der Waals surface area contributed by atoms with Gasteiger partial charge in [0.05, 0.1) is 20.8 Å². The molecule has 0 atom stereocenters. The van der Waals surface area contributed by atoms with Crippen LogP contribution in [0.1, 0.15) is 18.1 Å². The first kappa shape index (κ1) is 20.3. The lowest BCUT2D eigenvalue weighted by atomic mass is 10.1. The number of methoxy groups -OCH3 is 2. The highest BCUT2D eigenvalue weighted by molar-refractivity contribution is 5.52. The van der Waals surface area contributed by atoms with E-state index in [4.69, 9.17) is 14.2 Å². The molecule has 0 amide bonds. The Labute approximate surface area is 167 Å². The van der Waals surface area contributed by atoms with Crippen molar-refractivity contribution in [3.05, 3.63) is 47.5 Å². The molecule has 0 spiro atoms. The molecule has 6 nitrogen and oxygen atoms in total. The fraction of sp³-hybridized carbons (Fsp3) is 0.455. The predicted molar refractivity (Wildman–Crippen MR) is 109 cm³/mol. The zero-order valence-corrected chi connectivity index (χ0v) is 17.0. The summed E-state index contributed by atoms with van der Waals surface area (Å²) < 4.78 is 16.0. The van der Waals surface area contributed by atoms with Crippen LogP contribution in [0.5, 0.6) is 23.0 Å². The van der Waals surface area contributed by atoms with Gasteiger partial charge in [0.2, 0.25) is 5.75 Å². The molecule has 0 unspecified atom stereocenters. The summed E-state index contributed by atoms with van der Waals surface area (Å²) in [7, 11) is 3.11. The fourth-order valence-electron chi connectivity index (χ4n) is 3.52. The highest BCUT2D eigenvalue weighted by atomic mass is 16.5. The number of ether oxygens (including phenoxy) is 3.